The highest BCUT2D eigenvalue weighted by Gasteiger charge is 2.38. The third-order valence-electron chi connectivity index (χ3n) is 2.74. The van der Waals surface area contributed by atoms with Crippen LogP contribution in [-0.2, 0) is 8.85 Å². The van der Waals surface area contributed by atoms with E-state index >= 15 is 0 Å². The summed E-state index contributed by atoms with van der Waals surface area (Å²) in [7, 11) is -0.671. The number of rotatable bonds is 3. The van der Waals surface area contributed by atoms with Crippen molar-refractivity contribution in [3.63, 3.8) is 0 Å². The fourth-order valence-corrected chi connectivity index (χ4v) is 3.02. The van der Waals surface area contributed by atoms with Crippen LogP contribution in [0.3, 0.4) is 0 Å². The van der Waals surface area contributed by atoms with Crippen LogP contribution in [-0.4, -0.2) is 21.7 Å². The highest BCUT2D eigenvalue weighted by molar-refractivity contribution is 6.18. The summed E-state index contributed by atoms with van der Waals surface area (Å²) in [5.41, 5.74) is 0.102. The molecule has 0 saturated carbocycles. The summed E-state index contributed by atoms with van der Waals surface area (Å²) in [5, 5.41) is 0. The maximum absolute atomic E-state index is 5.79. The lowest BCUT2D eigenvalue weighted by Crippen LogP contribution is -2.38. The Morgan fingerprint density at radius 2 is 2.58 bits per heavy atom. The Morgan fingerprint density at radius 3 is 3.42 bits per heavy atom. The molecule has 2 rings (SSSR count). The zero-order valence-electron chi connectivity index (χ0n) is 7.58. The third-order valence-corrected chi connectivity index (χ3v) is 4.00. The smallest absolute Gasteiger partial charge is 0.305 e. The van der Waals surface area contributed by atoms with E-state index in [1.54, 1.807) is 0 Å². The molecule has 1 saturated heterocycles. The fourth-order valence-electron chi connectivity index (χ4n) is 1.95. The molecule has 2 unspecified atom stereocenters. The lowest BCUT2D eigenvalue weighted by atomic mass is 9.96. The van der Waals surface area contributed by atoms with E-state index in [-0.39, 0.29) is 5.60 Å². The second-order valence-electron chi connectivity index (χ2n) is 3.70. The maximum atomic E-state index is 5.79. The Kier molecular flexibility index (Phi) is 2.34. The van der Waals surface area contributed by atoms with E-state index in [9.17, 15) is 0 Å². The first-order valence-corrected chi connectivity index (χ1v) is 5.95. The molecule has 0 amide bonds. The lowest BCUT2D eigenvalue weighted by Gasteiger charge is -2.33. The molecule has 0 aromatic heterocycles. The molecule has 68 valence electrons. The highest BCUT2D eigenvalue weighted by atomic mass is 28.3. The number of unbranched alkanes of at least 4 members (excludes halogenated alkanes) is 1. The van der Waals surface area contributed by atoms with E-state index in [1.807, 2.05) is 0 Å². The van der Waals surface area contributed by atoms with Gasteiger partial charge in [0.25, 0.3) is 0 Å². The van der Waals surface area contributed by atoms with Gasteiger partial charge in [-0.05, 0) is 6.42 Å². The van der Waals surface area contributed by atoms with Crippen LogP contribution >= 0.6 is 0 Å². The van der Waals surface area contributed by atoms with Crippen LogP contribution in [0.25, 0.3) is 0 Å². The standard InChI is InChI=1S/C9H16O2Si/c1-2-3-5-9-6-4-8(7-9)10-12-11-9/h4,6,8H,2-3,5,7,12H2,1H3. The molecule has 1 heterocycles. The van der Waals surface area contributed by atoms with Gasteiger partial charge in [-0.3, -0.25) is 0 Å². The molecule has 0 N–H and O–H groups in total. The van der Waals surface area contributed by atoms with E-state index in [4.69, 9.17) is 8.85 Å². The molecule has 2 aliphatic rings. The van der Waals surface area contributed by atoms with Crippen molar-refractivity contribution in [3.05, 3.63) is 12.2 Å². The first-order chi connectivity index (χ1) is 5.85. The van der Waals surface area contributed by atoms with Gasteiger partial charge in [-0.25, -0.2) is 0 Å². The maximum Gasteiger partial charge on any atom is 0.305 e. The van der Waals surface area contributed by atoms with Gasteiger partial charge < -0.3 is 8.85 Å². The molecule has 2 nitrogen and oxygen atoms in total. The number of fused-ring (bicyclic) bond motifs is 2. The summed E-state index contributed by atoms with van der Waals surface area (Å²) >= 11 is 0. The van der Waals surface area contributed by atoms with Gasteiger partial charge in [-0.1, -0.05) is 31.9 Å². The van der Waals surface area contributed by atoms with Crippen molar-refractivity contribution in [2.45, 2.75) is 44.3 Å². The van der Waals surface area contributed by atoms with Gasteiger partial charge >= 0.3 is 10.0 Å². The largest absolute Gasteiger partial charge is 0.392 e. The predicted molar refractivity (Wildman–Crippen MR) is 50.5 cm³/mol. The fraction of sp³-hybridized carbons (Fsp3) is 0.778. The van der Waals surface area contributed by atoms with E-state index in [0.717, 1.165) is 6.42 Å². The van der Waals surface area contributed by atoms with Gasteiger partial charge in [-0.15, -0.1) is 0 Å². The summed E-state index contributed by atoms with van der Waals surface area (Å²) in [6, 6.07) is 0. The molecular formula is C9H16O2Si. The minimum atomic E-state index is -0.671. The second-order valence-corrected chi connectivity index (χ2v) is 4.56. The number of hydrogen-bond acceptors (Lipinski definition) is 2. The van der Waals surface area contributed by atoms with Crippen molar-refractivity contribution < 1.29 is 8.85 Å². The molecule has 2 atom stereocenters. The summed E-state index contributed by atoms with van der Waals surface area (Å²) in [6.07, 6.45) is 9.58. The number of hydrogen-bond donors (Lipinski definition) is 0. The molecule has 1 aliphatic carbocycles. The van der Waals surface area contributed by atoms with Crippen LogP contribution in [0.5, 0.6) is 0 Å². The van der Waals surface area contributed by atoms with Crippen LogP contribution in [0.4, 0.5) is 0 Å². The normalized spacial score (nSPS) is 40.9. The first kappa shape index (κ1) is 8.47. The molecule has 0 radical (unpaired) electrons. The molecule has 1 fully saturated rings. The van der Waals surface area contributed by atoms with Crippen molar-refractivity contribution >= 4 is 10.0 Å². The van der Waals surface area contributed by atoms with Gasteiger partial charge in [0.15, 0.2) is 0 Å². The second kappa shape index (κ2) is 3.32. The van der Waals surface area contributed by atoms with Crippen LogP contribution < -0.4 is 0 Å². The van der Waals surface area contributed by atoms with Crippen molar-refractivity contribution in [2.24, 2.45) is 0 Å². The topological polar surface area (TPSA) is 18.5 Å². The molecule has 1 aliphatic heterocycles. The molecule has 2 bridgehead atoms. The quantitative estimate of drug-likeness (QED) is 0.486. The Labute approximate surface area is 76.0 Å². The first-order valence-electron chi connectivity index (χ1n) is 4.79. The van der Waals surface area contributed by atoms with E-state index in [0.29, 0.717) is 6.10 Å². The molecule has 0 aromatic rings. The Morgan fingerprint density at radius 1 is 1.67 bits per heavy atom. The highest BCUT2D eigenvalue weighted by Crippen LogP contribution is 2.36. The Bertz CT molecular complexity index is 193. The predicted octanol–water partition coefficient (Wildman–Crippen LogP) is 1.29. The molecule has 0 aromatic carbocycles. The zero-order valence-corrected chi connectivity index (χ0v) is 9.00. The van der Waals surface area contributed by atoms with Gasteiger partial charge in [0, 0.05) is 6.42 Å². The average Bonchev–Trinajstić information content (AvgIpc) is 2.40. The Hall–Kier alpha value is -0.123. The minimum Gasteiger partial charge on any atom is -0.392 e. The van der Waals surface area contributed by atoms with Crippen molar-refractivity contribution in [1.82, 2.24) is 0 Å². The van der Waals surface area contributed by atoms with Gasteiger partial charge in [-0.2, -0.15) is 0 Å². The summed E-state index contributed by atoms with van der Waals surface area (Å²) in [4.78, 5) is 0. The SMILES string of the molecule is CCCCC12C=CC(C1)O[SiH2]O2. The lowest BCUT2D eigenvalue weighted by molar-refractivity contribution is 0.0120. The summed E-state index contributed by atoms with van der Waals surface area (Å²) in [6.45, 7) is 2.23. The van der Waals surface area contributed by atoms with E-state index < -0.39 is 10.0 Å². The van der Waals surface area contributed by atoms with Crippen LogP contribution in [0.2, 0.25) is 0 Å². The summed E-state index contributed by atoms with van der Waals surface area (Å²) in [5.74, 6) is 0. The average molecular weight is 184 g/mol. The Balaban J connectivity index is 1.96. The van der Waals surface area contributed by atoms with Crippen molar-refractivity contribution in [3.8, 4) is 0 Å². The van der Waals surface area contributed by atoms with Gasteiger partial charge in [0.2, 0.25) is 0 Å². The van der Waals surface area contributed by atoms with Crippen molar-refractivity contribution in [2.75, 3.05) is 0 Å². The monoisotopic (exact) mass is 184 g/mol. The van der Waals surface area contributed by atoms with Crippen LogP contribution in [0, 0.1) is 0 Å². The molecule has 3 heteroatoms. The van der Waals surface area contributed by atoms with Crippen LogP contribution in [0.1, 0.15) is 32.6 Å². The molecule has 0 spiro atoms. The van der Waals surface area contributed by atoms with E-state index in [2.05, 4.69) is 19.1 Å². The zero-order chi connectivity index (χ0) is 8.44. The summed E-state index contributed by atoms with van der Waals surface area (Å²) < 4.78 is 11.3. The molecular weight excluding hydrogens is 168 g/mol. The van der Waals surface area contributed by atoms with Crippen LogP contribution in [0.15, 0.2) is 12.2 Å². The van der Waals surface area contributed by atoms with Crippen molar-refractivity contribution in [1.29, 1.82) is 0 Å². The third kappa shape index (κ3) is 1.49. The van der Waals surface area contributed by atoms with Gasteiger partial charge in [0.05, 0.1) is 11.7 Å². The minimum absolute atomic E-state index is 0.102. The van der Waals surface area contributed by atoms with E-state index in [1.165, 1.54) is 19.3 Å². The molecule has 12 heavy (non-hydrogen) atoms. The van der Waals surface area contributed by atoms with Gasteiger partial charge in [0.1, 0.15) is 0 Å².